The van der Waals surface area contributed by atoms with Crippen LogP contribution in [-0.2, 0) is 16.1 Å². The van der Waals surface area contributed by atoms with E-state index in [1.807, 2.05) is 23.1 Å². The van der Waals surface area contributed by atoms with Gasteiger partial charge >= 0.3 is 0 Å². The number of nitrogens with one attached hydrogen (secondary N) is 1. The molecule has 2 aliphatic rings. The summed E-state index contributed by atoms with van der Waals surface area (Å²) >= 11 is 1.74. The van der Waals surface area contributed by atoms with E-state index >= 15 is 0 Å². The van der Waals surface area contributed by atoms with Crippen LogP contribution in [0.4, 0.5) is 0 Å². The predicted molar refractivity (Wildman–Crippen MR) is 92.6 cm³/mol. The Labute approximate surface area is 144 Å². The van der Waals surface area contributed by atoms with Crippen LogP contribution in [0.3, 0.4) is 0 Å². The molecule has 0 radical (unpaired) electrons. The minimum Gasteiger partial charge on any atom is -0.344 e. The second-order valence-electron chi connectivity index (χ2n) is 6.34. The van der Waals surface area contributed by atoms with E-state index in [4.69, 9.17) is 0 Å². The summed E-state index contributed by atoms with van der Waals surface area (Å²) < 4.78 is 1.22. The molecule has 0 spiro atoms. The van der Waals surface area contributed by atoms with E-state index in [-0.39, 0.29) is 17.9 Å². The molecule has 3 heterocycles. The number of thiazole rings is 1. The summed E-state index contributed by atoms with van der Waals surface area (Å²) in [6.07, 6.45) is 1.09. The number of amides is 2. The maximum absolute atomic E-state index is 12.4. The van der Waals surface area contributed by atoms with Gasteiger partial charge in [0.1, 0.15) is 11.0 Å². The van der Waals surface area contributed by atoms with Crippen molar-refractivity contribution in [1.82, 2.24) is 20.1 Å². The third kappa shape index (κ3) is 3.14. The number of carbonyl (C=O) groups is 2. The maximum atomic E-state index is 12.4. The van der Waals surface area contributed by atoms with Crippen molar-refractivity contribution in [3.8, 4) is 0 Å². The molecule has 0 saturated carbocycles. The van der Waals surface area contributed by atoms with Crippen molar-refractivity contribution < 1.29 is 9.59 Å². The molecule has 2 fully saturated rings. The number of hydrogen-bond donors (Lipinski definition) is 1. The molecule has 6 nitrogen and oxygen atoms in total. The molecule has 7 heteroatoms. The molecule has 1 aromatic heterocycles. The van der Waals surface area contributed by atoms with Gasteiger partial charge in [-0.3, -0.25) is 14.5 Å². The van der Waals surface area contributed by atoms with Crippen LogP contribution in [0.2, 0.25) is 0 Å². The lowest BCUT2D eigenvalue weighted by Crippen LogP contribution is -2.53. The van der Waals surface area contributed by atoms with E-state index in [1.54, 1.807) is 11.3 Å². The summed E-state index contributed by atoms with van der Waals surface area (Å²) in [6, 6.07) is 7.88. The van der Waals surface area contributed by atoms with E-state index in [0.717, 1.165) is 43.2 Å². The van der Waals surface area contributed by atoms with Crippen molar-refractivity contribution in [2.24, 2.45) is 0 Å². The second-order valence-corrected chi connectivity index (χ2v) is 7.45. The van der Waals surface area contributed by atoms with Gasteiger partial charge in [-0.15, -0.1) is 11.3 Å². The van der Waals surface area contributed by atoms with Crippen LogP contribution < -0.4 is 5.32 Å². The van der Waals surface area contributed by atoms with Crippen LogP contribution in [0.25, 0.3) is 10.2 Å². The van der Waals surface area contributed by atoms with E-state index in [2.05, 4.69) is 21.3 Å². The summed E-state index contributed by atoms with van der Waals surface area (Å²) in [5, 5.41) is 3.89. The topological polar surface area (TPSA) is 65.5 Å². The molecule has 1 atom stereocenters. The Kier molecular flexibility index (Phi) is 4.20. The molecular weight excluding hydrogens is 324 g/mol. The summed E-state index contributed by atoms with van der Waals surface area (Å²) in [5.41, 5.74) is 1.06. The number of aromatic nitrogens is 1. The smallest absolute Gasteiger partial charge is 0.245 e. The minimum atomic E-state index is -0.312. The SMILES string of the molecule is O=C1CCC(C(=O)N2CCN(Cc3nc4ccccc4s3)CC2)N1. The van der Waals surface area contributed by atoms with Crippen LogP contribution >= 0.6 is 11.3 Å². The molecule has 1 aromatic carbocycles. The zero-order valence-corrected chi connectivity index (χ0v) is 14.2. The van der Waals surface area contributed by atoms with Crippen molar-refractivity contribution in [2.75, 3.05) is 26.2 Å². The third-order valence-electron chi connectivity index (χ3n) is 4.67. The van der Waals surface area contributed by atoms with Gasteiger partial charge in [-0.05, 0) is 18.6 Å². The predicted octanol–water partition coefficient (Wildman–Crippen LogP) is 1.22. The fourth-order valence-electron chi connectivity index (χ4n) is 3.32. The fourth-order valence-corrected chi connectivity index (χ4v) is 4.33. The number of rotatable bonds is 3. The van der Waals surface area contributed by atoms with Gasteiger partial charge in [0.2, 0.25) is 11.8 Å². The molecule has 1 unspecified atom stereocenters. The number of benzene rings is 1. The maximum Gasteiger partial charge on any atom is 0.245 e. The first kappa shape index (κ1) is 15.5. The van der Waals surface area contributed by atoms with Gasteiger partial charge < -0.3 is 10.2 Å². The average molecular weight is 344 g/mol. The highest BCUT2D eigenvalue weighted by molar-refractivity contribution is 7.18. The molecule has 4 rings (SSSR count). The molecule has 2 aromatic rings. The van der Waals surface area contributed by atoms with Crippen molar-refractivity contribution in [3.63, 3.8) is 0 Å². The van der Waals surface area contributed by atoms with Crippen molar-refractivity contribution in [1.29, 1.82) is 0 Å². The third-order valence-corrected chi connectivity index (χ3v) is 5.70. The van der Waals surface area contributed by atoms with Gasteiger partial charge in [-0.25, -0.2) is 4.98 Å². The lowest BCUT2D eigenvalue weighted by molar-refractivity contribution is -0.136. The van der Waals surface area contributed by atoms with E-state index in [0.29, 0.717) is 12.8 Å². The first-order chi connectivity index (χ1) is 11.7. The van der Waals surface area contributed by atoms with E-state index in [9.17, 15) is 9.59 Å². The fraction of sp³-hybridized carbons (Fsp3) is 0.471. The number of nitrogens with zero attached hydrogens (tertiary/aromatic N) is 3. The van der Waals surface area contributed by atoms with Crippen molar-refractivity contribution in [2.45, 2.75) is 25.4 Å². The number of para-hydroxylation sites is 1. The first-order valence-electron chi connectivity index (χ1n) is 8.34. The van der Waals surface area contributed by atoms with Gasteiger partial charge in [-0.1, -0.05) is 12.1 Å². The molecule has 0 bridgehead atoms. The Balaban J connectivity index is 1.32. The normalized spacial score (nSPS) is 22.1. The largest absolute Gasteiger partial charge is 0.344 e. The van der Waals surface area contributed by atoms with E-state index in [1.165, 1.54) is 4.70 Å². The molecule has 2 amide bonds. The Morgan fingerprint density at radius 3 is 2.75 bits per heavy atom. The van der Waals surface area contributed by atoms with Crippen LogP contribution in [0, 0.1) is 0 Å². The Morgan fingerprint density at radius 2 is 2.04 bits per heavy atom. The van der Waals surface area contributed by atoms with Crippen LogP contribution in [0.15, 0.2) is 24.3 Å². The minimum absolute atomic E-state index is 0.0113. The van der Waals surface area contributed by atoms with Crippen LogP contribution in [-0.4, -0.2) is 58.8 Å². The van der Waals surface area contributed by atoms with Crippen molar-refractivity contribution in [3.05, 3.63) is 29.3 Å². The summed E-state index contributed by atoms with van der Waals surface area (Å²) in [4.78, 5) is 32.6. The van der Waals surface area contributed by atoms with Gasteiger partial charge in [0.05, 0.1) is 16.8 Å². The molecule has 24 heavy (non-hydrogen) atoms. The number of carbonyl (C=O) groups excluding carboxylic acids is 2. The quantitative estimate of drug-likeness (QED) is 0.909. The molecule has 0 aliphatic carbocycles. The number of fused-ring (bicyclic) bond motifs is 1. The molecule has 126 valence electrons. The lowest BCUT2D eigenvalue weighted by Gasteiger charge is -2.35. The summed E-state index contributed by atoms with van der Waals surface area (Å²) in [5.74, 6) is 0.0586. The standard InChI is InChI=1S/C17H20N4O2S/c22-15-6-5-13(18-15)17(23)21-9-7-20(8-10-21)11-16-19-12-3-1-2-4-14(12)24-16/h1-4,13H,5-11H2,(H,18,22). The number of piperazine rings is 1. The van der Waals surface area contributed by atoms with Gasteiger partial charge in [0.15, 0.2) is 0 Å². The van der Waals surface area contributed by atoms with Gasteiger partial charge in [0.25, 0.3) is 0 Å². The zero-order chi connectivity index (χ0) is 16.5. The highest BCUT2D eigenvalue weighted by atomic mass is 32.1. The average Bonchev–Trinajstić information content (AvgIpc) is 3.20. The lowest BCUT2D eigenvalue weighted by atomic mass is 10.2. The Hall–Kier alpha value is -1.99. The molecule has 1 N–H and O–H groups in total. The summed E-state index contributed by atoms with van der Waals surface area (Å²) in [7, 11) is 0. The molecule has 2 saturated heterocycles. The second kappa shape index (κ2) is 6.49. The zero-order valence-electron chi connectivity index (χ0n) is 13.4. The molecular formula is C17H20N4O2S. The Bertz CT molecular complexity index is 734. The van der Waals surface area contributed by atoms with Crippen LogP contribution in [0.1, 0.15) is 17.8 Å². The highest BCUT2D eigenvalue weighted by Gasteiger charge is 2.32. The number of hydrogen-bond acceptors (Lipinski definition) is 5. The van der Waals surface area contributed by atoms with Crippen molar-refractivity contribution >= 4 is 33.4 Å². The molecule has 2 aliphatic heterocycles. The highest BCUT2D eigenvalue weighted by Crippen LogP contribution is 2.23. The monoisotopic (exact) mass is 344 g/mol. The van der Waals surface area contributed by atoms with E-state index < -0.39 is 0 Å². The Morgan fingerprint density at radius 1 is 1.25 bits per heavy atom. The summed E-state index contributed by atoms with van der Waals surface area (Å²) in [6.45, 7) is 3.97. The first-order valence-corrected chi connectivity index (χ1v) is 9.16. The van der Waals surface area contributed by atoms with Gasteiger partial charge in [0, 0.05) is 32.6 Å². The van der Waals surface area contributed by atoms with Gasteiger partial charge in [-0.2, -0.15) is 0 Å². The van der Waals surface area contributed by atoms with Crippen LogP contribution in [0.5, 0.6) is 0 Å².